The molecule has 1 aromatic rings. The lowest BCUT2D eigenvalue weighted by atomic mass is 10.2. The third-order valence-corrected chi connectivity index (χ3v) is 5.51. The molecule has 1 fully saturated rings. The van der Waals surface area contributed by atoms with E-state index in [0.29, 0.717) is 13.2 Å². The van der Waals surface area contributed by atoms with Gasteiger partial charge >= 0.3 is 0 Å². The highest BCUT2D eigenvalue weighted by molar-refractivity contribution is 7.89. The van der Waals surface area contributed by atoms with Crippen LogP contribution in [0.2, 0.25) is 5.02 Å². The van der Waals surface area contributed by atoms with Gasteiger partial charge in [-0.05, 0) is 32.0 Å². The van der Waals surface area contributed by atoms with Crippen LogP contribution in [0.3, 0.4) is 0 Å². The SMILES string of the molecule is CC1CN(S(=O)(=O)c2ccc(C#N)c(Cl)c2)C(C)CO1. The van der Waals surface area contributed by atoms with E-state index < -0.39 is 10.0 Å². The van der Waals surface area contributed by atoms with Crippen LogP contribution in [-0.4, -0.2) is 38.0 Å². The van der Waals surface area contributed by atoms with E-state index in [9.17, 15) is 8.42 Å². The summed E-state index contributed by atoms with van der Waals surface area (Å²) in [4.78, 5) is 0.0995. The Hall–Kier alpha value is -1.13. The van der Waals surface area contributed by atoms with Gasteiger partial charge in [-0.15, -0.1) is 0 Å². The summed E-state index contributed by atoms with van der Waals surface area (Å²) in [6.07, 6.45) is -0.144. The minimum atomic E-state index is -3.63. The lowest BCUT2D eigenvalue weighted by Gasteiger charge is -2.35. The Bertz CT molecular complexity index is 654. The van der Waals surface area contributed by atoms with Crippen molar-refractivity contribution in [1.29, 1.82) is 5.26 Å². The van der Waals surface area contributed by atoms with Gasteiger partial charge in [0.1, 0.15) is 6.07 Å². The zero-order chi connectivity index (χ0) is 14.9. The molecule has 0 aromatic heterocycles. The Balaban J connectivity index is 2.39. The first-order valence-electron chi connectivity index (χ1n) is 6.19. The highest BCUT2D eigenvalue weighted by atomic mass is 35.5. The maximum absolute atomic E-state index is 12.6. The van der Waals surface area contributed by atoms with Crippen molar-refractivity contribution in [2.75, 3.05) is 13.2 Å². The Kier molecular flexibility index (Phi) is 4.35. The number of benzene rings is 1. The highest BCUT2D eigenvalue weighted by Crippen LogP contribution is 2.26. The summed E-state index contributed by atoms with van der Waals surface area (Å²) < 4.78 is 32.1. The number of nitriles is 1. The first-order chi connectivity index (χ1) is 9.36. The summed E-state index contributed by atoms with van der Waals surface area (Å²) in [5, 5.41) is 8.97. The molecule has 0 N–H and O–H groups in total. The molecule has 20 heavy (non-hydrogen) atoms. The average molecular weight is 315 g/mol. The molecule has 2 unspecified atom stereocenters. The molecule has 2 rings (SSSR count). The fourth-order valence-electron chi connectivity index (χ4n) is 2.09. The van der Waals surface area contributed by atoms with E-state index in [-0.39, 0.29) is 27.6 Å². The van der Waals surface area contributed by atoms with Crippen molar-refractivity contribution in [3.05, 3.63) is 28.8 Å². The second-order valence-corrected chi connectivity index (χ2v) is 7.12. The second-order valence-electron chi connectivity index (χ2n) is 4.82. The molecule has 1 saturated heterocycles. The predicted octanol–water partition coefficient (Wildman–Crippen LogP) is 2.01. The number of nitrogens with zero attached hydrogens (tertiary/aromatic N) is 2. The van der Waals surface area contributed by atoms with Crippen molar-refractivity contribution in [1.82, 2.24) is 4.31 Å². The molecule has 7 heteroatoms. The van der Waals surface area contributed by atoms with Crippen molar-refractivity contribution >= 4 is 21.6 Å². The molecule has 1 aliphatic rings. The molecule has 0 bridgehead atoms. The monoisotopic (exact) mass is 314 g/mol. The summed E-state index contributed by atoms with van der Waals surface area (Å²) in [5.41, 5.74) is 0.258. The molecule has 2 atom stereocenters. The van der Waals surface area contributed by atoms with Crippen LogP contribution in [0, 0.1) is 11.3 Å². The predicted molar refractivity (Wildman–Crippen MR) is 74.9 cm³/mol. The van der Waals surface area contributed by atoms with Gasteiger partial charge in [0.05, 0.1) is 28.2 Å². The van der Waals surface area contributed by atoms with Crippen LogP contribution < -0.4 is 0 Å². The van der Waals surface area contributed by atoms with Crippen LogP contribution in [0.4, 0.5) is 0 Å². The van der Waals surface area contributed by atoms with Gasteiger partial charge in [0, 0.05) is 12.6 Å². The van der Waals surface area contributed by atoms with Crippen LogP contribution >= 0.6 is 11.6 Å². The average Bonchev–Trinajstić information content (AvgIpc) is 2.41. The fourth-order valence-corrected chi connectivity index (χ4v) is 4.10. The molecular formula is C13H15ClN2O3S. The molecule has 1 aliphatic heterocycles. The smallest absolute Gasteiger partial charge is 0.243 e. The summed E-state index contributed by atoms with van der Waals surface area (Å²) in [6.45, 7) is 4.31. The number of hydrogen-bond donors (Lipinski definition) is 0. The normalized spacial score (nSPS) is 24.3. The van der Waals surface area contributed by atoms with Crippen LogP contribution in [-0.2, 0) is 14.8 Å². The Morgan fingerprint density at radius 3 is 2.75 bits per heavy atom. The molecule has 108 valence electrons. The summed E-state index contributed by atoms with van der Waals surface area (Å²) in [7, 11) is -3.63. The van der Waals surface area contributed by atoms with Gasteiger partial charge in [-0.1, -0.05) is 11.6 Å². The van der Waals surface area contributed by atoms with Crippen molar-refractivity contribution in [2.24, 2.45) is 0 Å². The summed E-state index contributed by atoms with van der Waals surface area (Å²) in [6, 6.07) is 5.83. The van der Waals surface area contributed by atoms with E-state index in [4.69, 9.17) is 21.6 Å². The third-order valence-electron chi connectivity index (χ3n) is 3.22. The fraction of sp³-hybridized carbons (Fsp3) is 0.462. The first kappa shape index (κ1) is 15.3. The van der Waals surface area contributed by atoms with Crippen LogP contribution in [0.25, 0.3) is 0 Å². The molecule has 0 radical (unpaired) electrons. The van der Waals surface area contributed by atoms with E-state index >= 15 is 0 Å². The van der Waals surface area contributed by atoms with Crippen molar-refractivity contribution < 1.29 is 13.2 Å². The van der Waals surface area contributed by atoms with Crippen molar-refractivity contribution in [2.45, 2.75) is 30.9 Å². The lowest BCUT2D eigenvalue weighted by molar-refractivity contribution is -0.0170. The molecule has 0 spiro atoms. The second kappa shape index (κ2) is 5.70. The van der Waals surface area contributed by atoms with Gasteiger partial charge in [0.25, 0.3) is 0 Å². The van der Waals surface area contributed by atoms with E-state index in [1.807, 2.05) is 13.0 Å². The van der Waals surface area contributed by atoms with Crippen LogP contribution in [0.15, 0.2) is 23.1 Å². The molecule has 0 amide bonds. The molecule has 5 nitrogen and oxygen atoms in total. The standard InChI is InChI=1S/C13H15ClN2O3S/c1-9-8-19-10(2)7-16(9)20(17,18)12-4-3-11(6-15)13(14)5-12/h3-5,9-10H,7-8H2,1-2H3. The van der Waals surface area contributed by atoms with Crippen LogP contribution in [0.1, 0.15) is 19.4 Å². The van der Waals surface area contributed by atoms with E-state index in [2.05, 4.69) is 0 Å². The Morgan fingerprint density at radius 2 is 2.15 bits per heavy atom. The molecular weight excluding hydrogens is 300 g/mol. The van der Waals surface area contributed by atoms with Crippen molar-refractivity contribution in [3.63, 3.8) is 0 Å². The van der Waals surface area contributed by atoms with Gasteiger partial charge in [-0.25, -0.2) is 8.42 Å². The lowest BCUT2D eigenvalue weighted by Crippen LogP contribution is -2.50. The Labute approximate surface area is 123 Å². The quantitative estimate of drug-likeness (QED) is 0.837. The number of rotatable bonds is 2. The summed E-state index contributed by atoms with van der Waals surface area (Å²) in [5.74, 6) is 0. The van der Waals surface area contributed by atoms with Crippen molar-refractivity contribution in [3.8, 4) is 6.07 Å². The van der Waals surface area contributed by atoms with Gasteiger partial charge in [0.15, 0.2) is 0 Å². The number of sulfonamides is 1. The van der Waals surface area contributed by atoms with Gasteiger partial charge in [-0.2, -0.15) is 9.57 Å². The van der Waals surface area contributed by atoms with E-state index in [1.165, 1.54) is 22.5 Å². The minimum absolute atomic E-state index is 0.0995. The van der Waals surface area contributed by atoms with E-state index in [0.717, 1.165) is 0 Å². The number of halogens is 1. The zero-order valence-electron chi connectivity index (χ0n) is 11.2. The molecule has 1 heterocycles. The maximum atomic E-state index is 12.6. The van der Waals surface area contributed by atoms with Crippen LogP contribution in [0.5, 0.6) is 0 Å². The minimum Gasteiger partial charge on any atom is -0.375 e. The zero-order valence-corrected chi connectivity index (χ0v) is 12.8. The third kappa shape index (κ3) is 2.81. The topological polar surface area (TPSA) is 70.4 Å². The van der Waals surface area contributed by atoms with Gasteiger partial charge in [0.2, 0.25) is 10.0 Å². The number of ether oxygens (including phenoxy) is 1. The van der Waals surface area contributed by atoms with E-state index in [1.54, 1.807) is 6.92 Å². The number of morpholine rings is 1. The van der Waals surface area contributed by atoms with Gasteiger partial charge < -0.3 is 4.74 Å². The molecule has 1 aromatic carbocycles. The largest absolute Gasteiger partial charge is 0.375 e. The number of hydrogen-bond acceptors (Lipinski definition) is 4. The summed E-state index contributed by atoms with van der Waals surface area (Å²) >= 11 is 5.91. The molecule has 0 aliphatic carbocycles. The molecule has 0 saturated carbocycles. The first-order valence-corrected chi connectivity index (χ1v) is 8.01. The maximum Gasteiger partial charge on any atom is 0.243 e. The highest BCUT2D eigenvalue weighted by Gasteiger charge is 2.34. The Morgan fingerprint density at radius 1 is 1.45 bits per heavy atom. The van der Waals surface area contributed by atoms with Gasteiger partial charge in [-0.3, -0.25) is 0 Å².